The number of benzene rings is 1. The Hall–Kier alpha value is -1.02. The molecule has 0 amide bonds. The molecule has 2 nitrogen and oxygen atoms in total. The van der Waals surface area contributed by atoms with Crippen LogP contribution in [0.25, 0.3) is 0 Å². The largest absolute Gasteiger partial charge is 0.491 e. The van der Waals surface area contributed by atoms with E-state index in [9.17, 15) is 0 Å². The minimum atomic E-state index is 0.611. The molecule has 0 fully saturated rings. The second kappa shape index (κ2) is 8.57. The summed E-state index contributed by atoms with van der Waals surface area (Å²) in [6.07, 6.45) is 0. The molecule has 0 atom stereocenters. The fourth-order valence-corrected chi connectivity index (χ4v) is 0.877. The van der Waals surface area contributed by atoms with Gasteiger partial charge in [0.15, 0.2) is 0 Å². The zero-order valence-electron chi connectivity index (χ0n) is 9.54. The first-order chi connectivity index (χ1) is 6.83. The molecule has 14 heavy (non-hydrogen) atoms. The van der Waals surface area contributed by atoms with Gasteiger partial charge in [-0.2, -0.15) is 0 Å². The van der Waals surface area contributed by atoms with Crippen molar-refractivity contribution in [2.24, 2.45) is 0 Å². The lowest BCUT2D eigenvalue weighted by molar-refractivity contribution is 0.146. The van der Waals surface area contributed by atoms with Crippen LogP contribution in [0.3, 0.4) is 0 Å². The second-order valence-corrected chi connectivity index (χ2v) is 2.65. The minimum Gasteiger partial charge on any atom is -0.491 e. The third-order valence-electron chi connectivity index (χ3n) is 1.58. The molecule has 0 bridgehead atoms. The number of hydrogen-bond acceptors (Lipinski definition) is 2. The van der Waals surface area contributed by atoms with Crippen LogP contribution in [0.5, 0.6) is 5.75 Å². The van der Waals surface area contributed by atoms with Crippen LogP contribution in [0.15, 0.2) is 24.3 Å². The van der Waals surface area contributed by atoms with Crippen molar-refractivity contribution >= 4 is 0 Å². The molecule has 0 unspecified atom stereocenters. The van der Waals surface area contributed by atoms with Crippen molar-refractivity contribution in [3.05, 3.63) is 29.8 Å². The number of hydrogen-bond donors (Lipinski definition) is 0. The van der Waals surface area contributed by atoms with Crippen molar-refractivity contribution in [2.45, 2.75) is 20.8 Å². The zero-order chi connectivity index (χ0) is 10.8. The molecule has 0 aliphatic carbocycles. The van der Waals surface area contributed by atoms with E-state index in [1.807, 2.05) is 38.1 Å². The van der Waals surface area contributed by atoms with Crippen molar-refractivity contribution in [3.63, 3.8) is 0 Å². The van der Waals surface area contributed by atoms with Gasteiger partial charge in [0.1, 0.15) is 12.4 Å². The molecule has 0 saturated carbocycles. The Kier molecular flexibility index (Phi) is 7.95. The van der Waals surface area contributed by atoms with Crippen LogP contribution in [-0.2, 0) is 4.74 Å². The van der Waals surface area contributed by atoms with Gasteiger partial charge in [0.25, 0.3) is 0 Å². The van der Waals surface area contributed by atoms with E-state index in [-0.39, 0.29) is 0 Å². The average Bonchev–Trinajstić information content (AvgIpc) is 2.24. The van der Waals surface area contributed by atoms with Crippen LogP contribution in [0, 0.1) is 6.92 Å². The summed E-state index contributed by atoms with van der Waals surface area (Å²) >= 11 is 0. The van der Waals surface area contributed by atoms with Crippen LogP contribution in [0.1, 0.15) is 19.4 Å². The van der Waals surface area contributed by atoms with Crippen LogP contribution < -0.4 is 4.74 Å². The van der Waals surface area contributed by atoms with Gasteiger partial charge in [0.2, 0.25) is 0 Å². The summed E-state index contributed by atoms with van der Waals surface area (Å²) in [4.78, 5) is 0. The molecule has 0 radical (unpaired) electrons. The summed E-state index contributed by atoms with van der Waals surface area (Å²) in [7, 11) is 1.67. The maximum absolute atomic E-state index is 5.38. The van der Waals surface area contributed by atoms with Gasteiger partial charge in [-0.05, 0) is 19.1 Å². The average molecular weight is 196 g/mol. The molecule has 80 valence electrons. The summed E-state index contributed by atoms with van der Waals surface area (Å²) in [5.41, 5.74) is 1.24. The highest BCUT2D eigenvalue weighted by atomic mass is 16.5. The quantitative estimate of drug-likeness (QED) is 0.689. The Morgan fingerprint density at radius 3 is 2.07 bits per heavy atom. The zero-order valence-corrected chi connectivity index (χ0v) is 9.54. The van der Waals surface area contributed by atoms with Gasteiger partial charge >= 0.3 is 0 Å². The maximum Gasteiger partial charge on any atom is 0.119 e. The predicted molar refractivity (Wildman–Crippen MR) is 59.9 cm³/mol. The summed E-state index contributed by atoms with van der Waals surface area (Å²) in [6.45, 7) is 7.30. The summed E-state index contributed by atoms with van der Waals surface area (Å²) < 4.78 is 10.2. The molecule has 1 aromatic carbocycles. The highest BCUT2D eigenvalue weighted by Gasteiger charge is 1.91. The predicted octanol–water partition coefficient (Wildman–Crippen LogP) is 3.05. The van der Waals surface area contributed by atoms with Crippen LogP contribution in [0.2, 0.25) is 0 Å². The normalized spacial score (nSPS) is 8.86. The van der Waals surface area contributed by atoms with Gasteiger partial charge in [-0.1, -0.05) is 31.5 Å². The summed E-state index contributed by atoms with van der Waals surface area (Å²) in [5.74, 6) is 0.901. The molecule has 0 aromatic heterocycles. The number of methoxy groups -OCH3 is 1. The van der Waals surface area contributed by atoms with Gasteiger partial charge in [0, 0.05) is 7.11 Å². The first-order valence-corrected chi connectivity index (χ1v) is 5.01. The van der Waals surface area contributed by atoms with E-state index in [1.165, 1.54) is 5.56 Å². The lowest BCUT2D eigenvalue weighted by Crippen LogP contribution is -2.03. The highest BCUT2D eigenvalue weighted by molar-refractivity contribution is 5.26. The van der Waals surface area contributed by atoms with Crippen molar-refractivity contribution in [3.8, 4) is 5.75 Å². The minimum absolute atomic E-state index is 0.611. The van der Waals surface area contributed by atoms with Gasteiger partial charge in [-0.25, -0.2) is 0 Å². The van der Waals surface area contributed by atoms with Crippen LogP contribution in [0.4, 0.5) is 0 Å². The molecule has 0 saturated heterocycles. The van der Waals surface area contributed by atoms with Crippen LogP contribution >= 0.6 is 0 Å². The molecule has 0 aliphatic heterocycles. The highest BCUT2D eigenvalue weighted by Crippen LogP contribution is 2.10. The molecular formula is C12H20O2. The Balaban J connectivity index is 0.000000791. The number of aryl methyl sites for hydroxylation is 1. The molecule has 0 aliphatic rings. The third-order valence-corrected chi connectivity index (χ3v) is 1.58. The molecule has 1 rings (SSSR count). The molecule has 2 heteroatoms. The maximum atomic E-state index is 5.38. The lowest BCUT2D eigenvalue weighted by atomic mass is 10.2. The number of ether oxygens (including phenoxy) is 2. The van der Waals surface area contributed by atoms with Gasteiger partial charge < -0.3 is 9.47 Å². The van der Waals surface area contributed by atoms with Gasteiger partial charge in [-0.15, -0.1) is 0 Å². The van der Waals surface area contributed by atoms with Crippen molar-refractivity contribution in [1.82, 2.24) is 0 Å². The van der Waals surface area contributed by atoms with E-state index in [0.29, 0.717) is 13.2 Å². The Labute approximate surface area is 86.9 Å². The lowest BCUT2D eigenvalue weighted by Gasteiger charge is -2.04. The first-order valence-electron chi connectivity index (χ1n) is 5.01. The van der Waals surface area contributed by atoms with Crippen molar-refractivity contribution in [2.75, 3.05) is 20.3 Å². The topological polar surface area (TPSA) is 18.5 Å². The Morgan fingerprint density at radius 2 is 1.57 bits per heavy atom. The van der Waals surface area contributed by atoms with E-state index in [1.54, 1.807) is 7.11 Å². The van der Waals surface area contributed by atoms with E-state index in [0.717, 1.165) is 5.75 Å². The summed E-state index contributed by atoms with van der Waals surface area (Å²) in [5, 5.41) is 0. The smallest absolute Gasteiger partial charge is 0.119 e. The van der Waals surface area contributed by atoms with Crippen molar-refractivity contribution < 1.29 is 9.47 Å². The van der Waals surface area contributed by atoms with Crippen molar-refractivity contribution in [1.29, 1.82) is 0 Å². The first kappa shape index (κ1) is 13.0. The number of rotatable bonds is 4. The fourth-order valence-electron chi connectivity index (χ4n) is 0.877. The van der Waals surface area contributed by atoms with Gasteiger partial charge in [-0.3, -0.25) is 0 Å². The monoisotopic (exact) mass is 196 g/mol. The van der Waals surface area contributed by atoms with Crippen LogP contribution in [-0.4, -0.2) is 20.3 Å². The SMILES string of the molecule is CC.COCCOc1ccc(C)cc1. The Bertz CT molecular complexity index is 216. The van der Waals surface area contributed by atoms with E-state index in [2.05, 4.69) is 6.92 Å². The third kappa shape index (κ3) is 5.60. The molecule has 1 aromatic rings. The fraction of sp³-hybridized carbons (Fsp3) is 0.500. The Morgan fingerprint density at radius 1 is 1.00 bits per heavy atom. The van der Waals surface area contributed by atoms with E-state index < -0.39 is 0 Å². The molecule has 0 heterocycles. The molecule has 0 spiro atoms. The van der Waals surface area contributed by atoms with E-state index >= 15 is 0 Å². The van der Waals surface area contributed by atoms with Gasteiger partial charge in [0.05, 0.1) is 6.61 Å². The summed E-state index contributed by atoms with van der Waals surface area (Å²) in [6, 6.07) is 7.99. The molecule has 0 N–H and O–H groups in total. The van der Waals surface area contributed by atoms with E-state index in [4.69, 9.17) is 9.47 Å². The molecular weight excluding hydrogens is 176 g/mol. The standard InChI is InChI=1S/C10H14O2.C2H6/c1-9-3-5-10(6-4-9)12-8-7-11-2;1-2/h3-6H,7-8H2,1-2H3;1-2H3. The second-order valence-electron chi connectivity index (χ2n) is 2.65.